The van der Waals surface area contributed by atoms with E-state index in [2.05, 4.69) is 10.6 Å². The number of hydrogen-bond acceptors (Lipinski definition) is 6. The molecular formula is C25H25N3O6. The standard InChI is InChI=1S/C25H25N3O6/c1-16-8-6-11-20(23(16)27-17(2)29)25(32)34-15-22(30)28(3)21-12-5-4-10-19(21)24(31)26-14-18-9-7-13-33-18/h4-13H,14-15H2,1-3H3,(H,26,31)(H,27,29). The van der Waals surface area contributed by atoms with Gasteiger partial charge < -0.3 is 24.7 Å². The van der Waals surface area contributed by atoms with Gasteiger partial charge in [0.05, 0.1) is 35.3 Å². The van der Waals surface area contributed by atoms with Crippen LogP contribution in [-0.4, -0.2) is 37.3 Å². The van der Waals surface area contributed by atoms with E-state index in [-0.39, 0.29) is 29.5 Å². The lowest BCUT2D eigenvalue weighted by molar-refractivity contribution is -0.121. The third kappa shape index (κ3) is 5.89. The molecule has 0 saturated carbocycles. The third-order valence-electron chi connectivity index (χ3n) is 5.01. The van der Waals surface area contributed by atoms with Gasteiger partial charge in [0.25, 0.3) is 11.8 Å². The van der Waals surface area contributed by atoms with E-state index in [9.17, 15) is 19.2 Å². The van der Waals surface area contributed by atoms with Crippen LogP contribution >= 0.6 is 0 Å². The van der Waals surface area contributed by atoms with Crippen molar-refractivity contribution in [2.75, 3.05) is 23.9 Å². The second-order valence-corrected chi connectivity index (χ2v) is 7.49. The van der Waals surface area contributed by atoms with Crippen molar-refractivity contribution >= 4 is 35.1 Å². The lowest BCUT2D eigenvalue weighted by atomic mass is 10.1. The zero-order valence-electron chi connectivity index (χ0n) is 19.1. The van der Waals surface area contributed by atoms with Gasteiger partial charge in [-0.3, -0.25) is 14.4 Å². The van der Waals surface area contributed by atoms with Gasteiger partial charge in [-0.05, 0) is 42.8 Å². The quantitative estimate of drug-likeness (QED) is 0.495. The van der Waals surface area contributed by atoms with E-state index in [0.717, 1.165) is 0 Å². The molecule has 9 nitrogen and oxygen atoms in total. The number of likely N-dealkylation sites (N-methyl/N-ethyl adjacent to an activating group) is 1. The first kappa shape index (κ1) is 24.2. The largest absolute Gasteiger partial charge is 0.467 e. The fourth-order valence-corrected chi connectivity index (χ4v) is 3.25. The van der Waals surface area contributed by atoms with Crippen molar-refractivity contribution in [3.05, 3.63) is 83.3 Å². The number of nitrogens with one attached hydrogen (secondary N) is 2. The zero-order chi connectivity index (χ0) is 24.7. The summed E-state index contributed by atoms with van der Waals surface area (Å²) in [5, 5.41) is 5.36. The molecular weight excluding hydrogens is 438 g/mol. The first-order valence-corrected chi connectivity index (χ1v) is 10.5. The Kier molecular flexibility index (Phi) is 7.81. The number of hydrogen-bond donors (Lipinski definition) is 2. The van der Waals surface area contributed by atoms with Crippen molar-refractivity contribution < 1.29 is 28.3 Å². The molecule has 0 radical (unpaired) electrons. The van der Waals surface area contributed by atoms with Crippen LogP contribution in [-0.2, 0) is 20.9 Å². The van der Waals surface area contributed by atoms with E-state index in [1.54, 1.807) is 55.5 Å². The maximum absolute atomic E-state index is 12.8. The SMILES string of the molecule is CC(=O)Nc1c(C)cccc1C(=O)OCC(=O)N(C)c1ccccc1C(=O)NCc1ccco1. The van der Waals surface area contributed by atoms with Crippen molar-refractivity contribution in [1.29, 1.82) is 0 Å². The third-order valence-corrected chi connectivity index (χ3v) is 5.01. The minimum absolute atomic E-state index is 0.142. The Balaban J connectivity index is 1.68. The fraction of sp³-hybridized carbons (Fsp3) is 0.200. The van der Waals surface area contributed by atoms with Crippen molar-refractivity contribution in [3.63, 3.8) is 0 Å². The highest BCUT2D eigenvalue weighted by atomic mass is 16.5. The van der Waals surface area contributed by atoms with Crippen molar-refractivity contribution in [3.8, 4) is 0 Å². The number of benzene rings is 2. The van der Waals surface area contributed by atoms with E-state index >= 15 is 0 Å². The van der Waals surface area contributed by atoms with E-state index in [1.165, 1.54) is 31.2 Å². The molecule has 1 heterocycles. The monoisotopic (exact) mass is 463 g/mol. The second-order valence-electron chi connectivity index (χ2n) is 7.49. The van der Waals surface area contributed by atoms with E-state index in [0.29, 0.717) is 22.7 Å². The van der Waals surface area contributed by atoms with E-state index < -0.39 is 18.5 Å². The Morgan fingerprint density at radius 2 is 1.71 bits per heavy atom. The number of nitrogens with zero attached hydrogens (tertiary/aromatic N) is 1. The number of aryl methyl sites for hydroxylation is 1. The van der Waals surface area contributed by atoms with Gasteiger partial charge in [0.2, 0.25) is 5.91 Å². The molecule has 9 heteroatoms. The number of amides is 3. The molecule has 3 rings (SSSR count). The number of rotatable bonds is 8. The number of anilines is 2. The predicted octanol–water partition coefficient (Wildman–Crippen LogP) is 3.30. The van der Waals surface area contributed by atoms with Gasteiger partial charge in [0, 0.05) is 14.0 Å². The highest BCUT2D eigenvalue weighted by Gasteiger charge is 2.21. The molecule has 3 amide bonds. The van der Waals surface area contributed by atoms with Crippen molar-refractivity contribution in [1.82, 2.24) is 5.32 Å². The molecule has 0 spiro atoms. The van der Waals surface area contributed by atoms with E-state index in [1.807, 2.05) is 0 Å². The van der Waals surface area contributed by atoms with Gasteiger partial charge in [-0.25, -0.2) is 4.79 Å². The average Bonchev–Trinajstić information content (AvgIpc) is 3.35. The van der Waals surface area contributed by atoms with Gasteiger partial charge in [-0.2, -0.15) is 0 Å². The number of furan rings is 1. The summed E-state index contributed by atoms with van der Waals surface area (Å²) in [5.74, 6) is -1.41. The summed E-state index contributed by atoms with van der Waals surface area (Å²) in [6, 6.07) is 15.0. The van der Waals surface area contributed by atoms with Crippen LogP contribution in [0.25, 0.3) is 0 Å². The molecule has 3 aromatic rings. The van der Waals surface area contributed by atoms with Crippen LogP contribution in [0.15, 0.2) is 65.3 Å². The molecule has 0 aliphatic heterocycles. The molecule has 0 unspecified atom stereocenters. The van der Waals surface area contributed by atoms with Crippen LogP contribution < -0.4 is 15.5 Å². The lowest BCUT2D eigenvalue weighted by Gasteiger charge is -2.20. The van der Waals surface area contributed by atoms with Crippen LogP contribution in [0.3, 0.4) is 0 Å². The molecule has 2 aromatic carbocycles. The number of esters is 1. The molecule has 0 atom stereocenters. The highest BCUT2D eigenvalue weighted by Crippen LogP contribution is 2.22. The number of carbonyl (C=O) groups is 4. The summed E-state index contributed by atoms with van der Waals surface area (Å²) in [5.41, 5.74) is 1.79. The Bertz CT molecular complexity index is 1200. The van der Waals surface area contributed by atoms with Gasteiger partial charge in [0.1, 0.15) is 5.76 Å². The van der Waals surface area contributed by atoms with Gasteiger partial charge in [-0.1, -0.05) is 24.3 Å². The normalized spacial score (nSPS) is 10.3. The van der Waals surface area contributed by atoms with Crippen LogP contribution in [0, 0.1) is 6.92 Å². The molecule has 1 aromatic heterocycles. The summed E-state index contributed by atoms with van der Waals surface area (Å²) in [6.07, 6.45) is 1.51. The predicted molar refractivity (Wildman–Crippen MR) is 125 cm³/mol. The lowest BCUT2D eigenvalue weighted by Crippen LogP contribution is -2.33. The first-order valence-electron chi connectivity index (χ1n) is 10.5. The summed E-state index contributed by atoms with van der Waals surface area (Å²) in [7, 11) is 1.49. The molecule has 0 bridgehead atoms. The highest BCUT2D eigenvalue weighted by molar-refractivity contribution is 6.06. The summed E-state index contributed by atoms with van der Waals surface area (Å²) in [6.45, 7) is 2.73. The maximum Gasteiger partial charge on any atom is 0.340 e. The van der Waals surface area contributed by atoms with E-state index in [4.69, 9.17) is 9.15 Å². The average molecular weight is 463 g/mol. The van der Waals surface area contributed by atoms with Crippen molar-refractivity contribution in [2.45, 2.75) is 20.4 Å². The Labute approximate surface area is 196 Å². The van der Waals surface area contributed by atoms with Crippen LogP contribution in [0.5, 0.6) is 0 Å². The van der Waals surface area contributed by atoms with Gasteiger partial charge in [-0.15, -0.1) is 0 Å². The molecule has 34 heavy (non-hydrogen) atoms. The van der Waals surface area contributed by atoms with Gasteiger partial charge in [0.15, 0.2) is 6.61 Å². The molecule has 0 fully saturated rings. The minimum atomic E-state index is -0.751. The molecule has 0 saturated heterocycles. The number of carbonyl (C=O) groups excluding carboxylic acids is 4. The Hall–Kier alpha value is -4.40. The minimum Gasteiger partial charge on any atom is -0.467 e. The van der Waals surface area contributed by atoms with Crippen molar-refractivity contribution in [2.24, 2.45) is 0 Å². The zero-order valence-corrected chi connectivity index (χ0v) is 19.1. The molecule has 0 aliphatic rings. The molecule has 0 aliphatic carbocycles. The Morgan fingerprint density at radius 3 is 2.41 bits per heavy atom. The molecule has 2 N–H and O–H groups in total. The van der Waals surface area contributed by atoms with Gasteiger partial charge >= 0.3 is 5.97 Å². The van der Waals surface area contributed by atoms with Crippen LogP contribution in [0.2, 0.25) is 0 Å². The Morgan fingerprint density at radius 1 is 0.971 bits per heavy atom. The first-order chi connectivity index (χ1) is 16.3. The number of para-hydroxylation sites is 2. The smallest absolute Gasteiger partial charge is 0.340 e. The topological polar surface area (TPSA) is 118 Å². The van der Waals surface area contributed by atoms with Crippen LogP contribution in [0.4, 0.5) is 11.4 Å². The second kappa shape index (κ2) is 11.0. The summed E-state index contributed by atoms with van der Waals surface area (Å²) >= 11 is 0. The summed E-state index contributed by atoms with van der Waals surface area (Å²) < 4.78 is 10.4. The number of ether oxygens (including phenoxy) is 1. The maximum atomic E-state index is 12.8. The summed E-state index contributed by atoms with van der Waals surface area (Å²) in [4.78, 5) is 50.8. The fourth-order valence-electron chi connectivity index (χ4n) is 3.25. The molecule has 176 valence electrons. The van der Waals surface area contributed by atoms with Crippen LogP contribution in [0.1, 0.15) is 39.0 Å².